The van der Waals surface area contributed by atoms with Crippen LogP contribution in [0.4, 0.5) is 9.52 Å². The predicted molar refractivity (Wildman–Crippen MR) is 124 cm³/mol. The number of fused-ring (bicyclic) bond motifs is 1. The standard InChI is InChI=1S/C23H25ClFN3O2S/c1-15-4-7-20-21(16(15)2)26-23(31-20)28(9-3-8-27-10-12-30-13-11-27)22(29)18-6-5-17(25)14-19(18)24/h4-7,14H,3,8-13H2,1-2H3. The van der Waals surface area contributed by atoms with Crippen LogP contribution >= 0.6 is 22.9 Å². The van der Waals surface area contributed by atoms with Gasteiger partial charge in [0.25, 0.3) is 5.91 Å². The largest absolute Gasteiger partial charge is 0.379 e. The molecule has 1 aromatic heterocycles. The molecule has 0 bridgehead atoms. The lowest BCUT2D eigenvalue weighted by Gasteiger charge is -2.27. The maximum absolute atomic E-state index is 13.5. The number of carbonyl (C=O) groups excluding carboxylic acids is 1. The van der Waals surface area contributed by atoms with E-state index in [0.29, 0.717) is 11.7 Å². The number of amides is 1. The molecule has 1 saturated heterocycles. The van der Waals surface area contributed by atoms with E-state index in [-0.39, 0.29) is 16.5 Å². The van der Waals surface area contributed by atoms with Crippen LogP contribution in [-0.2, 0) is 4.74 Å². The lowest BCUT2D eigenvalue weighted by Crippen LogP contribution is -2.39. The van der Waals surface area contributed by atoms with E-state index in [1.807, 2.05) is 13.0 Å². The van der Waals surface area contributed by atoms with Crippen molar-refractivity contribution in [1.29, 1.82) is 0 Å². The summed E-state index contributed by atoms with van der Waals surface area (Å²) in [6.07, 6.45) is 0.790. The van der Waals surface area contributed by atoms with Crippen molar-refractivity contribution in [2.24, 2.45) is 0 Å². The van der Waals surface area contributed by atoms with Gasteiger partial charge in [-0.2, -0.15) is 0 Å². The SMILES string of the molecule is Cc1ccc2sc(N(CCCN3CCOCC3)C(=O)c3ccc(F)cc3Cl)nc2c1C. The van der Waals surface area contributed by atoms with Gasteiger partial charge < -0.3 is 4.74 Å². The average Bonchev–Trinajstić information content (AvgIpc) is 3.19. The van der Waals surface area contributed by atoms with Gasteiger partial charge in [0.15, 0.2) is 5.13 Å². The van der Waals surface area contributed by atoms with Gasteiger partial charge in [0.1, 0.15) is 5.82 Å². The monoisotopic (exact) mass is 461 g/mol. The molecule has 2 heterocycles. The summed E-state index contributed by atoms with van der Waals surface area (Å²) in [6.45, 7) is 8.75. The first kappa shape index (κ1) is 22.1. The molecule has 0 radical (unpaired) electrons. The molecule has 3 aromatic rings. The second-order valence-electron chi connectivity index (χ2n) is 7.74. The number of nitrogens with zero attached hydrogens (tertiary/aromatic N) is 3. The summed E-state index contributed by atoms with van der Waals surface area (Å²) in [4.78, 5) is 22.3. The summed E-state index contributed by atoms with van der Waals surface area (Å²) in [5, 5.41) is 0.743. The third kappa shape index (κ3) is 4.90. The van der Waals surface area contributed by atoms with Crippen molar-refractivity contribution in [3.8, 4) is 0 Å². The Labute approximate surface area is 190 Å². The highest BCUT2D eigenvalue weighted by molar-refractivity contribution is 7.22. The Morgan fingerprint density at radius 2 is 2.03 bits per heavy atom. The Morgan fingerprint density at radius 3 is 2.77 bits per heavy atom. The van der Waals surface area contributed by atoms with E-state index < -0.39 is 5.82 Å². The first-order valence-corrected chi connectivity index (χ1v) is 11.6. The van der Waals surface area contributed by atoms with Crippen molar-refractivity contribution in [2.45, 2.75) is 20.3 Å². The van der Waals surface area contributed by atoms with Gasteiger partial charge >= 0.3 is 0 Å². The van der Waals surface area contributed by atoms with Gasteiger partial charge in [0.05, 0.1) is 34.0 Å². The number of rotatable bonds is 6. The van der Waals surface area contributed by atoms with Crippen LogP contribution in [0.25, 0.3) is 10.2 Å². The van der Waals surface area contributed by atoms with E-state index in [0.717, 1.165) is 60.6 Å². The summed E-state index contributed by atoms with van der Waals surface area (Å²) >= 11 is 7.70. The van der Waals surface area contributed by atoms with E-state index >= 15 is 0 Å². The summed E-state index contributed by atoms with van der Waals surface area (Å²) in [5.41, 5.74) is 3.47. The molecule has 0 spiro atoms. The molecule has 1 aliphatic heterocycles. The topological polar surface area (TPSA) is 45.7 Å². The highest BCUT2D eigenvalue weighted by Crippen LogP contribution is 2.33. The Kier molecular flexibility index (Phi) is 6.86. The Hall–Kier alpha value is -2.06. The van der Waals surface area contributed by atoms with E-state index in [4.69, 9.17) is 21.3 Å². The van der Waals surface area contributed by atoms with E-state index in [9.17, 15) is 9.18 Å². The third-order valence-electron chi connectivity index (χ3n) is 5.67. The van der Waals surface area contributed by atoms with Crippen molar-refractivity contribution < 1.29 is 13.9 Å². The number of benzene rings is 2. The van der Waals surface area contributed by atoms with Crippen molar-refractivity contribution in [3.63, 3.8) is 0 Å². The molecule has 1 fully saturated rings. The molecule has 8 heteroatoms. The third-order valence-corrected chi connectivity index (χ3v) is 7.03. The van der Waals surface area contributed by atoms with Crippen LogP contribution in [0.1, 0.15) is 27.9 Å². The molecule has 0 aliphatic carbocycles. The van der Waals surface area contributed by atoms with Crippen LogP contribution < -0.4 is 4.90 Å². The van der Waals surface area contributed by atoms with E-state index in [2.05, 4.69) is 17.9 Å². The van der Waals surface area contributed by atoms with Gasteiger partial charge in [-0.15, -0.1) is 0 Å². The number of ether oxygens (including phenoxy) is 1. The fourth-order valence-corrected chi connectivity index (χ4v) is 5.00. The molecule has 31 heavy (non-hydrogen) atoms. The molecule has 4 rings (SSSR count). The van der Waals surface area contributed by atoms with Crippen LogP contribution in [-0.4, -0.2) is 55.2 Å². The van der Waals surface area contributed by atoms with Crippen LogP contribution in [0, 0.1) is 19.7 Å². The molecule has 0 saturated carbocycles. The molecular weight excluding hydrogens is 437 g/mol. The summed E-state index contributed by atoms with van der Waals surface area (Å²) in [6, 6.07) is 7.99. The Balaban J connectivity index is 1.63. The van der Waals surface area contributed by atoms with Gasteiger partial charge in [-0.25, -0.2) is 9.37 Å². The number of morpholine rings is 1. The zero-order valence-corrected chi connectivity index (χ0v) is 19.2. The minimum Gasteiger partial charge on any atom is -0.379 e. The fraction of sp³-hybridized carbons (Fsp3) is 0.391. The maximum atomic E-state index is 13.5. The molecule has 0 unspecified atom stereocenters. The zero-order valence-electron chi connectivity index (χ0n) is 17.7. The van der Waals surface area contributed by atoms with E-state index in [1.54, 1.807) is 4.90 Å². The lowest BCUT2D eigenvalue weighted by atomic mass is 10.1. The number of anilines is 1. The minimum atomic E-state index is -0.466. The predicted octanol–water partition coefficient (Wildman–Crippen LogP) is 5.07. The molecule has 0 N–H and O–H groups in total. The number of aryl methyl sites for hydroxylation is 2. The van der Waals surface area contributed by atoms with Gasteiger partial charge in [-0.1, -0.05) is 29.0 Å². The van der Waals surface area contributed by atoms with Gasteiger partial charge in [-0.05, 0) is 55.7 Å². The summed E-state index contributed by atoms with van der Waals surface area (Å²) in [5.74, 6) is -0.730. The van der Waals surface area contributed by atoms with Crippen LogP contribution in [0.3, 0.4) is 0 Å². The van der Waals surface area contributed by atoms with Crippen molar-refractivity contribution >= 4 is 44.2 Å². The molecule has 2 aromatic carbocycles. The first-order chi connectivity index (χ1) is 14.9. The maximum Gasteiger partial charge on any atom is 0.261 e. The molecular formula is C23H25ClFN3O2S. The van der Waals surface area contributed by atoms with Crippen molar-refractivity contribution in [1.82, 2.24) is 9.88 Å². The average molecular weight is 462 g/mol. The molecule has 5 nitrogen and oxygen atoms in total. The van der Waals surface area contributed by atoms with Crippen molar-refractivity contribution in [2.75, 3.05) is 44.3 Å². The fourth-order valence-electron chi connectivity index (χ4n) is 3.70. The van der Waals surface area contributed by atoms with Gasteiger partial charge in [-0.3, -0.25) is 14.6 Å². The smallest absolute Gasteiger partial charge is 0.261 e. The number of hydrogen-bond acceptors (Lipinski definition) is 5. The second kappa shape index (κ2) is 9.61. The van der Waals surface area contributed by atoms with Crippen molar-refractivity contribution in [3.05, 3.63) is 57.9 Å². The molecule has 1 aliphatic rings. The lowest BCUT2D eigenvalue weighted by molar-refractivity contribution is 0.0376. The first-order valence-electron chi connectivity index (χ1n) is 10.4. The van der Waals surface area contributed by atoms with Crippen LogP contribution in [0.15, 0.2) is 30.3 Å². The number of thiazole rings is 1. The highest BCUT2D eigenvalue weighted by Gasteiger charge is 2.24. The zero-order chi connectivity index (χ0) is 22.0. The van der Waals surface area contributed by atoms with Gasteiger partial charge in [0.2, 0.25) is 0 Å². The number of aromatic nitrogens is 1. The summed E-state index contributed by atoms with van der Waals surface area (Å²) < 4.78 is 20.0. The molecule has 1 amide bonds. The van der Waals surface area contributed by atoms with E-state index in [1.165, 1.54) is 29.5 Å². The minimum absolute atomic E-state index is 0.108. The molecule has 164 valence electrons. The normalized spacial score (nSPS) is 14.8. The second-order valence-corrected chi connectivity index (χ2v) is 9.16. The Bertz CT molecular complexity index is 1100. The number of carbonyl (C=O) groups is 1. The molecule has 0 atom stereocenters. The quantitative estimate of drug-likeness (QED) is 0.514. The highest BCUT2D eigenvalue weighted by atomic mass is 35.5. The van der Waals surface area contributed by atoms with Crippen LogP contribution in [0.2, 0.25) is 5.02 Å². The van der Waals surface area contributed by atoms with Gasteiger partial charge in [0, 0.05) is 26.2 Å². The number of halogens is 2. The summed E-state index contributed by atoms with van der Waals surface area (Å²) in [7, 11) is 0. The Morgan fingerprint density at radius 1 is 1.26 bits per heavy atom. The number of hydrogen-bond donors (Lipinski definition) is 0. The van der Waals surface area contributed by atoms with Crippen LogP contribution in [0.5, 0.6) is 0 Å².